The highest BCUT2D eigenvalue weighted by Gasteiger charge is 2.14. The summed E-state index contributed by atoms with van der Waals surface area (Å²) in [7, 11) is 0. The van der Waals surface area contributed by atoms with E-state index < -0.39 is 6.04 Å². The molecular weight excluding hydrogens is 216 g/mol. The van der Waals surface area contributed by atoms with Crippen molar-refractivity contribution in [1.82, 2.24) is 10.2 Å². The van der Waals surface area contributed by atoms with Crippen molar-refractivity contribution in [1.29, 1.82) is 0 Å². The number of carbonyl (C=O) groups excluding carboxylic acids is 1. The summed E-state index contributed by atoms with van der Waals surface area (Å²) in [6.07, 6.45) is 2.72. The number of rotatable bonds is 6. The monoisotopic (exact) mass is 238 g/mol. The number of carbonyl (C=O) groups is 1. The number of aromatic amines is 1. The number of hydrogen-bond donors (Lipinski definition) is 3. The van der Waals surface area contributed by atoms with Crippen LogP contribution in [0.4, 0.5) is 5.82 Å². The summed E-state index contributed by atoms with van der Waals surface area (Å²) in [6.45, 7) is 6.20. The molecule has 0 radical (unpaired) electrons. The van der Waals surface area contributed by atoms with Gasteiger partial charge in [-0.1, -0.05) is 33.6 Å². The molecule has 0 saturated heterocycles. The molecule has 1 aromatic rings. The summed E-state index contributed by atoms with van der Waals surface area (Å²) in [5, 5.41) is 9.63. The van der Waals surface area contributed by atoms with E-state index in [1.165, 1.54) is 0 Å². The predicted octanol–water partition coefficient (Wildman–Crippen LogP) is 1.99. The molecule has 1 amide bonds. The molecule has 0 fully saturated rings. The number of aromatic nitrogens is 2. The number of unbranched alkanes of at least 4 members (excludes halogenated alkanes) is 1. The summed E-state index contributed by atoms with van der Waals surface area (Å²) < 4.78 is 0. The second-order valence-corrected chi connectivity index (χ2v) is 4.60. The summed E-state index contributed by atoms with van der Waals surface area (Å²) in [5.41, 5.74) is 6.77. The molecule has 96 valence electrons. The number of anilines is 1. The first kappa shape index (κ1) is 13.7. The number of H-pyrrole nitrogens is 1. The molecule has 0 aliphatic rings. The smallest absolute Gasteiger partial charge is 0.242 e. The highest BCUT2D eigenvalue weighted by atomic mass is 16.2. The highest BCUT2D eigenvalue weighted by Crippen LogP contribution is 2.14. The number of nitrogens with two attached hydrogens (primary N) is 1. The Bertz CT molecular complexity index is 359. The molecule has 4 N–H and O–H groups in total. The normalized spacial score (nSPS) is 12.8. The van der Waals surface area contributed by atoms with Crippen LogP contribution in [-0.2, 0) is 4.79 Å². The lowest BCUT2D eigenvalue weighted by molar-refractivity contribution is -0.117. The second-order valence-electron chi connectivity index (χ2n) is 4.60. The number of nitrogens with zero attached hydrogens (tertiary/aromatic N) is 1. The van der Waals surface area contributed by atoms with Crippen molar-refractivity contribution in [3.05, 3.63) is 11.8 Å². The maximum Gasteiger partial charge on any atom is 0.242 e. The lowest BCUT2D eigenvalue weighted by atomic mass is 10.1. The van der Waals surface area contributed by atoms with E-state index in [2.05, 4.69) is 36.3 Å². The summed E-state index contributed by atoms with van der Waals surface area (Å²) in [6, 6.07) is 1.39. The maximum absolute atomic E-state index is 11.7. The van der Waals surface area contributed by atoms with Crippen LogP contribution in [0.5, 0.6) is 0 Å². The lowest BCUT2D eigenvalue weighted by Gasteiger charge is -2.09. The highest BCUT2D eigenvalue weighted by molar-refractivity contribution is 5.93. The molecule has 0 bridgehead atoms. The van der Waals surface area contributed by atoms with Crippen molar-refractivity contribution in [2.45, 2.75) is 52.0 Å². The maximum atomic E-state index is 11.7. The molecule has 5 nitrogen and oxygen atoms in total. The van der Waals surface area contributed by atoms with E-state index in [1.807, 2.05) is 6.07 Å². The molecule has 17 heavy (non-hydrogen) atoms. The summed E-state index contributed by atoms with van der Waals surface area (Å²) in [5.74, 6) is 0.743. The Hall–Kier alpha value is -1.36. The van der Waals surface area contributed by atoms with Crippen molar-refractivity contribution >= 4 is 11.7 Å². The van der Waals surface area contributed by atoms with Crippen LogP contribution < -0.4 is 11.1 Å². The Morgan fingerprint density at radius 1 is 1.59 bits per heavy atom. The standard InChI is InChI=1S/C12H22N4O/c1-4-5-6-9(13)12(17)14-11-7-10(8(2)3)15-16-11/h7-9H,4-6,13H2,1-3H3,(H2,14,15,16,17)/t9-/m0/s1. The van der Waals surface area contributed by atoms with E-state index in [9.17, 15) is 4.79 Å². The molecule has 1 atom stereocenters. The van der Waals surface area contributed by atoms with Crippen molar-refractivity contribution in [3.8, 4) is 0 Å². The van der Waals surface area contributed by atoms with E-state index >= 15 is 0 Å². The molecular formula is C12H22N4O. The molecule has 5 heteroatoms. The van der Waals surface area contributed by atoms with Crippen LogP contribution in [0, 0.1) is 0 Å². The number of nitrogens with one attached hydrogen (secondary N) is 2. The zero-order chi connectivity index (χ0) is 12.8. The Balaban J connectivity index is 2.49. The van der Waals surface area contributed by atoms with Gasteiger partial charge in [-0.15, -0.1) is 0 Å². The first-order valence-electron chi connectivity index (χ1n) is 6.16. The van der Waals surface area contributed by atoms with Crippen LogP contribution >= 0.6 is 0 Å². The lowest BCUT2D eigenvalue weighted by Crippen LogP contribution is -2.35. The molecule has 0 saturated carbocycles. The van der Waals surface area contributed by atoms with Gasteiger partial charge in [-0.25, -0.2) is 0 Å². The minimum atomic E-state index is -0.450. The van der Waals surface area contributed by atoms with Gasteiger partial charge in [0.15, 0.2) is 5.82 Å². The quantitative estimate of drug-likeness (QED) is 0.708. The molecule has 1 heterocycles. The average Bonchev–Trinajstić information content (AvgIpc) is 2.74. The van der Waals surface area contributed by atoms with Crippen molar-refractivity contribution < 1.29 is 4.79 Å². The fourth-order valence-electron chi connectivity index (χ4n) is 1.47. The third kappa shape index (κ3) is 4.19. The Morgan fingerprint density at radius 2 is 2.29 bits per heavy atom. The second kappa shape index (κ2) is 6.39. The largest absolute Gasteiger partial charge is 0.320 e. The van der Waals surface area contributed by atoms with Crippen LogP contribution in [0.25, 0.3) is 0 Å². The van der Waals surface area contributed by atoms with Gasteiger partial charge in [-0.2, -0.15) is 5.10 Å². The van der Waals surface area contributed by atoms with Gasteiger partial charge >= 0.3 is 0 Å². The van der Waals surface area contributed by atoms with Gasteiger partial charge in [-0.05, 0) is 12.3 Å². The molecule has 0 unspecified atom stereocenters. The zero-order valence-corrected chi connectivity index (χ0v) is 10.8. The van der Waals surface area contributed by atoms with E-state index in [4.69, 9.17) is 5.73 Å². The van der Waals surface area contributed by atoms with Crippen molar-refractivity contribution in [3.63, 3.8) is 0 Å². The number of amides is 1. The Labute approximate surface area is 102 Å². The zero-order valence-electron chi connectivity index (χ0n) is 10.8. The Kier molecular flexibility index (Phi) is 5.15. The van der Waals surface area contributed by atoms with Gasteiger partial charge in [-0.3, -0.25) is 9.89 Å². The average molecular weight is 238 g/mol. The Morgan fingerprint density at radius 3 is 2.82 bits per heavy atom. The predicted molar refractivity (Wildman–Crippen MR) is 68.8 cm³/mol. The number of hydrogen-bond acceptors (Lipinski definition) is 3. The van der Waals surface area contributed by atoms with Crippen LogP contribution in [0.2, 0.25) is 0 Å². The fourth-order valence-corrected chi connectivity index (χ4v) is 1.47. The van der Waals surface area contributed by atoms with Crippen LogP contribution in [0.3, 0.4) is 0 Å². The fraction of sp³-hybridized carbons (Fsp3) is 0.667. The third-order valence-electron chi connectivity index (χ3n) is 2.68. The van der Waals surface area contributed by atoms with Gasteiger partial charge in [0.1, 0.15) is 0 Å². The SMILES string of the molecule is CCCC[C@H](N)C(=O)Nc1cc(C(C)C)[nH]n1. The van der Waals surface area contributed by atoms with Crippen molar-refractivity contribution in [2.75, 3.05) is 5.32 Å². The molecule has 1 rings (SSSR count). The summed E-state index contributed by atoms with van der Waals surface area (Å²) in [4.78, 5) is 11.7. The van der Waals surface area contributed by atoms with E-state index in [0.717, 1.165) is 18.5 Å². The van der Waals surface area contributed by atoms with Crippen LogP contribution in [0.15, 0.2) is 6.07 Å². The molecule has 1 aromatic heterocycles. The topological polar surface area (TPSA) is 83.8 Å². The summed E-state index contributed by atoms with van der Waals surface area (Å²) >= 11 is 0. The van der Waals surface area contributed by atoms with Gasteiger partial charge in [0, 0.05) is 11.8 Å². The van der Waals surface area contributed by atoms with Crippen LogP contribution in [0.1, 0.15) is 51.6 Å². The molecule has 0 aliphatic heterocycles. The van der Waals surface area contributed by atoms with Gasteiger partial charge in [0.05, 0.1) is 6.04 Å². The van der Waals surface area contributed by atoms with Crippen molar-refractivity contribution in [2.24, 2.45) is 5.73 Å². The van der Waals surface area contributed by atoms with Gasteiger partial charge in [0.2, 0.25) is 5.91 Å². The van der Waals surface area contributed by atoms with Crippen LogP contribution in [-0.4, -0.2) is 22.1 Å². The minimum absolute atomic E-state index is 0.166. The first-order valence-corrected chi connectivity index (χ1v) is 6.16. The van der Waals surface area contributed by atoms with Gasteiger partial charge in [0.25, 0.3) is 0 Å². The van der Waals surface area contributed by atoms with E-state index in [0.29, 0.717) is 18.2 Å². The third-order valence-corrected chi connectivity index (χ3v) is 2.68. The molecule has 0 aliphatic carbocycles. The first-order chi connectivity index (χ1) is 8.04. The van der Waals surface area contributed by atoms with E-state index in [-0.39, 0.29) is 5.91 Å². The molecule has 0 spiro atoms. The van der Waals surface area contributed by atoms with E-state index in [1.54, 1.807) is 0 Å². The van der Waals surface area contributed by atoms with Gasteiger partial charge < -0.3 is 11.1 Å². The minimum Gasteiger partial charge on any atom is -0.320 e. The molecule has 0 aromatic carbocycles.